The van der Waals surface area contributed by atoms with Crippen molar-refractivity contribution in [1.82, 2.24) is 24.9 Å². The molecular weight excluding hydrogens is 342 g/mol. The van der Waals surface area contributed by atoms with E-state index < -0.39 is 0 Å². The molecule has 1 aliphatic heterocycles. The van der Waals surface area contributed by atoms with Crippen LogP contribution in [0.15, 0.2) is 6.07 Å². The zero-order chi connectivity index (χ0) is 18.0. The van der Waals surface area contributed by atoms with Gasteiger partial charge in [-0.3, -0.25) is 19.5 Å². The molecule has 8 heteroatoms. The normalized spacial score (nSPS) is 16.3. The summed E-state index contributed by atoms with van der Waals surface area (Å²) < 4.78 is 6.42. The second-order valence-corrected chi connectivity index (χ2v) is 6.96. The number of aromatic amines is 1. The van der Waals surface area contributed by atoms with Crippen LogP contribution in [-0.4, -0.2) is 51.0 Å². The number of piperidine rings is 1. The summed E-state index contributed by atoms with van der Waals surface area (Å²) >= 11 is 6.34. The third kappa shape index (κ3) is 4.04. The number of nitrogens with zero attached hydrogens (tertiary/aromatic N) is 4. The Morgan fingerprint density at radius 3 is 2.76 bits per heavy atom. The average molecular weight is 366 g/mol. The number of carbonyl (C=O) groups is 1. The fourth-order valence-electron chi connectivity index (χ4n) is 3.37. The first-order valence-electron chi connectivity index (χ1n) is 8.49. The van der Waals surface area contributed by atoms with Crippen molar-refractivity contribution in [1.29, 1.82) is 0 Å². The van der Waals surface area contributed by atoms with Crippen molar-refractivity contribution < 1.29 is 9.53 Å². The minimum atomic E-state index is -0.256. The summed E-state index contributed by atoms with van der Waals surface area (Å²) in [7, 11) is 3.26. The molecule has 1 fully saturated rings. The lowest BCUT2D eigenvalue weighted by atomic mass is 9.93. The highest BCUT2D eigenvalue weighted by Gasteiger charge is 2.24. The van der Waals surface area contributed by atoms with Crippen LogP contribution in [0.3, 0.4) is 0 Å². The molecule has 7 nitrogen and oxygen atoms in total. The molecule has 0 bridgehead atoms. The summed E-state index contributed by atoms with van der Waals surface area (Å²) in [6.45, 7) is 4.82. The fourth-order valence-corrected chi connectivity index (χ4v) is 3.61. The maximum absolute atomic E-state index is 11.3. The number of aryl methyl sites for hydroxylation is 2. The number of methoxy groups -OCH3 is 1. The van der Waals surface area contributed by atoms with Crippen LogP contribution >= 0.6 is 11.6 Å². The fraction of sp³-hybridized carbons (Fsp3) is 0.588. The van der Waals surface area contributed by atoms with Gasteiger partial charge in [0.25, 0.3) is 0 Å². The Labute approximate surface area is 152 Å². The quantitative estimate of drug-likeness (QED) is 0.822. The molecule has 0 atom stereocenters. The third-order valence-corrected chi connectivity index (χ3v) is 5.34. The molecule has 0 unspecified atom stereocenters. The van der Waals surface area contributed by atoms with E-state index in [2.05, 4.69) is 24.9 Å². The number of aromatic nitrogens is 4. The van der Waals surface area contributed by atoms with E-state index in [9.17, 15) is 4.79 Å². The van der Waals surface area contributed by atoms with Gasteiger partial charge in [0, 0.05) is 30.8 Å². The zero-order valence-electron chi connectivity index (χ0n) is 14.9. The molecule has 3 heterocycles. The number of rotatable bonds is 5. The van der Waals surface area contributed by atoms with Gasteiger partial charge in [0.15, 0.2) is 0 Å². The van der Waals surface area contributed by atoms with E-state index in [1.807, 2.05) is 20.0 Å². The molecule has 3 rings (SSSR count). The van der Waals surface area contributed by atoms with Crippen LogP contribution in [0.2, 0.25) is 5.15 Å². The van der Waals surface area contributed by atoms with Crippen LogP contribution < -0.4 is 0 Å². The van der Waals surface area contributed by atoms with Gasteiger partial charge < -0.3 is 4.74 Å². The maximum Gasteiger partial charge on any atom is 0.311 e. The van der Waals surface area contributed by atoms with Gasteiger partial charge in [-0.25, -0.2) is 0 Å². The van der Waals surface area contributed by atoms with Crippen molar-refractivity contribution in [3.63, 3.8) is 0 Å². The minimum absolute atomic E-state index is 0.237. The van der Waals surface area contributed by atoms with Crippen LogP contribution in [0.4, 0.5) is 0 Å². The first kappa shape index (κ1) is 17.9. The van der Waals surface area contributed by atoms with E-state index in [0.29, 0.717) is 5.92 Å². The highest BCUT2D eigenvalue weighted by atomic mass is 35.5. The Bertz CT molecular complexity index is 746. The second-order valence-electron chi connectivity index (χ2n) is 6.60. The summed E-state index contributed by atoms with van der Waals surface area (Å²) in [6, 6.07) is 1.99. The highest BCUT2D eigenvalue weighted by molar-refractivity contribution is 6.30. The molecule has 1 N–H and O–H groups in total. The van der Waals surface area contributed by atoms with Crippen molar-refractivity contribution in [3.8, 4) is 0 Å². The molecule has 2 aromatic rings. The van der Waals surface area contributed by atoms with Crippen LogP contribution in [0.5, 0.6) is 0 Å². The van der Waals surface area contributed by atoms with Gasteiger partial charge in [0.05, 0.1) is 24.9 Å². The molecule has 2 aromatic heterocycles. The molecule has 136 valence electrons. The Hall–Kier alpha value is -1.86. The molecule has 0 aliphatic carbocycles. The monoisotopic (exact) mass is 365 g/mol. The number of hydrogen-bond acceptors (Lipinski definition) is 5. The number of H-pyrrole nitrogens is 1. The standard InChI is InChI=1S/C17H24ClN5O2/c1-11-14(17(18)22(2)21-11)10-23-6-4-12(5-7-23)15-8-13(19-20-15)9-16(24)25-3/h8,12H,4-7,9-10H2,1-3H3,(H,19,20). The SMILES string of the molecule is COC(=O)Cc1cc(C2CCN(Cc3c(C)nn(C)c3Cl)CC2)n[nH]1. The minimum Gasteiger partial charge on any atom is -0.469 e. The molecule has 0 aromatic carbocycles. The molecular formula is C17H24ClN5O2. The lowest BCUT2D eigenvalue weighted by molar-refractivity contribution is -0.139. The Morgan fingerprint density at radius 2 is 2.16 bits per heavy atom. The Kier molecular flexibility index (Phi) is 5.44. The molecule has 0 spiro atoms. The summed E-state index contributed by atoms with van der Waals surface area (Å²) in [5.74, 6) is 0.165. The van der Waals surface area contributed by atoms with Crippen LogP contribution in [-0.2, 0) is 29.5 Å². The number of halogens is 1. The zero-order valence-corrected chi connectivity index (χ0v) is 15.6. The lowest BCUT2D eigenvalue weighted by Crippen LogP contribution is -2.32. The molecule has 1 saturated heterocycles. The predicted molar refractivity (Wildman–Crippen MR) is 94.5 cm³/mol. The van der Waals surface area contributed by atoms with E-state index in [1.165, 1.54) is 7.11 Å². The Balaban J connectivity index is 1.56. The van der Waals surface area contributed by atoms with E-state index in [1.54, 1.807) is 4.68 Å². The van der Waals surface area contributed by atoms with Crippen molar-refractivity contribution in [3.05, 3.63) is 33.9 Å². The molecule has 0 radical (unpaired) electrons. The first-order chi connectivity index (χ1) is 12.0. The van der Waals surface area contributed by atoms with E-state index in [-0.39, 0.29) is 12.4 Å². The number of carbonyl (C=O) groups excluding carboxylic acids is 1. The first-order valence-corrected chi connectivity index (χ1v) is 8.87. The van der Waals surface area contributed by atoms with Gasteiger partial charge in [-0.15, -0.1) is 0 Å². The lowest BCUT2D eigenvalue weighted by Gasteiger charge is -2.31. The third-order valence-electron chi connectivity index (χ3n) is 4.87. The Morgan fingerprint density at radius 1 is 1.44 bits per heavy atom. The predicted octanol–water partition coefficient (Wildman–Crippen LogP) is 2.20. The van der Waals surface area contributed by atoms with Gasteiger partial charge in [0.2, 0.25) is 0 Å². The van der Waals surface area contributed by atoms with E-state index in [0.717, 1.165) is 60.3 Å². The van der Waals surface area contributed by atoms with Crippen molar-refractivity contribution in [2.24, 2.45) is 7.05 Å². The second kappa shape index (κ2) is 7.58. The molecule has 1 aliphatic rings. The van der Waals surface area contributed by atoms with E-state index in [4.69, 9.17) is 11.6 Å². The number of esters is 1. The van der Waals surface area contributed by atoms with Crippen molar-refractivity contribution in [2.45, 2.75) is 38.6 Å². The van der Waals surface area contributed by atoms with Crippen molar-refractivity contribution >= 4 is 17.6 Å². The van der Waals surface area contributed by atoms with Gasteiger partial charge in [-0.1, -0.05) is 11.6 Å². The van der Waals surface area contributed by atoms with Gasteiger partial charge >= 0.3 is 5.97 Å². The molecule has 0 amide bonds. The van der Waals surface area contributed by atoms with Crippen LogP contribution in [0.25, 0.3) is 0 Å². The number of ether oxygens (including phenoxy) is 1. The largest absolute Gasteiger partial charge is 0.469 e. The van der Waals surface area contributed by atoms with Gasteiger partial charge in [0.1, 0.15) is 5.15 Å². The van der Waals surface area contributed by atoms with Crippen LogP contribution in [0, 0.1) is 6.92 Å². The topological polar surface area (TPSA) is 76.0 Å². The summed E-state index contributed by atoms with van der Waals surface area (Å²) in [6.07, 6.45) is 2.32. The summed E-state index contributed by atoms with van der Waals surface area (Å²) in [4.78, 5) is 13.8. The number of nitrogens with one attached hydrogen (secondary N) is 1. The maximum atomic E-state index is 11.3. The summed E-state index contributed by atoms with van der Waals surface area (Å²) in [5, 5.41) is 12.4. The smallest absolute Gasteiger partial charge is 0.311 e. The van der Waals surface area contributed by atoms with Crippen LogP contribution in [0.1, 0.15) is 41.4 Å². The average Bonchev–Trinajstić information content (AvgIpc) is 3.16. The molecule has 25 heavy (non-hydrogen) atoms. The number of hydrogen-bond donors (Lipinski definition) is 1. The summed E-state index contributed by atoms with van der Waals surface area (Å²) in [5.41, 5.74) is 3.95. The molecule has 0 saturated carbocycles. The highest BCUT2D eigenvalue weighted by Crippen LogP contribution is 2.29. The van der Waals surface area contributed by atoms with E-state index >= 15 is 0 Å². The number of likely N-dealkylation sites (tertiary alicyclic amines) is 1. The van der Waals surface area contributed by atoms with Gasteiger partial charge in [-0.05, 0) is 38.9 Å². The van der Waals surface area contributed by atoms with Crippen molar-refractivity contribution in [2.75, 3.05) is 20.2 Å². The van der Waals surface area contributed by atoms with Gasteiger partial charge in [-0.2, -0.15) is 10.2 Å².